The van der Waals surface area contributed by atoms with Crippen LogP contribution in [0.2, 0.25) is 0 Å². The Bertz CT molecular complexity index is 1220. The van der Waals surface area contributed by atoms with Gasteiger partial charge in [0.05, 0.1) is 23.3 Å². The van der Waals surface area contributed by atoms with E-state index in [4.69, 9.17) is 0 Å². The van der Waals surface area contributed by atoms with Crippen molar-refractivity contribution >= 4 is 38.4 Å². The van der Waals surface area contributed by atoms with Crippen LogP contribution in [0.25, 0.3) is 11.3 Å². The zero-order valence-corrected chi connectivity index (χ0v) is 19.7. The molecule has 2 aromatic carbocycles. The van der Waals surface area contributed by atoms with Gasteiger partial charge in [-0.2, -0.15) is 4.31 Å². The highest BCUT2D eigenvalue weighted by Gasteiger charge is 2.23. The summed E-state index contributed by atoms with van der Waals surface area (Å²) < 4.78 is 31.1. The van der Waals surface area contributed by atoms with E-state index >= 15 is 0 Å². The predicted molar refractivity (Wildman–Crippen MR) is 123 cm³/mol. The summed E-state index contributed by atoms with van der Waals surface area (Å²) in [5, 5.41) is 4.91. The van der Waals surface area contributed by atoms with E-state index in [9.17, 15) is 18.0 Å². The van der Waals surface area contributed by atoms with Crippen LogP contribution < -0.4 is 5.32 Å². The number of carbonyl (C=O) groups excluding carboxylic acids is 2. The zero-order valence-electron chi connectivity index (χ0n) is 18.0. The lowest BCUT2D eigenvalue weighted by Gasteiger charge is -2.20. The molecule has 1 aromatic heterocycles. The van der Waals surface area contributed by atoms with Crippen LogP contribution in [0.3, 0.4) is 0 Å². The minimum atomic E-state index is -3.61. The first kappa shape index (κ1) is 23.6. The van der Waals surface area contributed by atoms with Crippen LogP contribution in [0, 0.1) is 0 Å². The number of aromatic nitrogens is 1. The minimum Gasteiger partial charge on any atom is -0.465 e. The van der Waals surface area contributed by atoms with Crippen LogP contribution in [0.15, 0.2) is 58.8 Å². The van der Waals surface area contributed by atoms with E-state index in [2.05, 4.69) is 15.0 Å². The number of benzene rings is 2. The first-order valence-electron chi connectivity index (χ1n) is 9.67. The SMILES string of the molecule is COC(=O)c1ccc(-c2csc(NC(=O)c3ccc(S(=O)(=O)N(C)C(C)C)cc3)n2)cc1. The largest absolute Gasteiger partial charge is 0.465 e. The summed E-state index contributed by atoms with van der Waals surface area (Å²) in [6, 6.07) is 12.4. The third-order valence-electron chi connectivity index (χ3n) is 4.85. The van der Waals surface area contributed by atoms with E-state index in [0.717, 1.165) is 5.56 Å². The second-order valence-electron chi connectivity index (χ2n) is 7.20. The van der Waals surface area contributed by atoms with Gasteiger partial charge in [-0.25, -0.2) is 18.2 Å². The minimum absolute atomic E-state index is 0.122. The van der Waals surface area contributed by atoms with Crippen LogP contribution in [0.1, 0.15) is 34.6 Å². The number of nitrogens with zero attached hydrogens (tertiary/aromatic N) is 2. The molecular formula is C22H23N3O5S2. The van der Waals surface area contributed by atoms with Crippen molar-refractivity contribution in [3.63, 3.8) is 0 Å². The summed E-state index contributed by atoms with van der Waals surface area (Å²) >= 11 is 1.26. The Balaban J connectivity index is 1.71. The number of anilines is 1. The molecule has 0 fully saturated rings. The molecule has 0 aliphatic rings. The monoisotopic (exact) mass is 473 g/mol. The second kappa shape index (κ2) is 9.60. The fourth-order valence-corrected chi connectivity index (χ4v) is 4.83. The number of carbonyl (C=O) groups is 2. The maximum absolute atomic E-state index is 12.6. The van der Waals surface area contributed by atoms with Gasteiger partial charge in [0.2, 0.25) is 10.0 Å². The number of hydrogen-bond donors (Lipinski definition) is 1. The highest BCUT2D eigenvalue weighted by atomic mass is 32.2. The Morgan fingerprint density at radius 2 is 1.62 bits per heavy atom. The Hall–Kier alpha value is -3.08. The van der Waals surface area contributed by atoms with Crippen molar-refractivity contribution in [1.29, 1.82) is 0 Å². The highest BCUT2D eigenvalue weighted by molar-refractivity contribution is 7.89. The van der Waals surface area contributed by atoms with Crippen molar-refractivity contribution in [3.8, 4) is 11.3 Å². The van der Waals surface area contributed by atoms with E-state index < -0.39 is 21.9 Å². The van der Waals surface area contributed by atoms with Gasteiger partial charge in [0.1, 0.15) is 0 Å². The molecule has 1 heterocycles. The third kappa shape index (κ3) is 5.04. The maximum atomic E-state index is 12.6. The first-order chi connectivity index (χ1) is 15.1. The van der Waals surface area contributed by atoms with Crippen molar-refractivity contribution in [2.75, 3.05) is 19.5 Å². The van der Waals surface area contributed by atoms with Gasteiger partial charge < -0.3 is 4.74 Å². The summed E-state index contributed by atoms with van der Waals surface area (Å²) in [4.78, 5) is 28.6. The number of hydrogen-bond acceptors (Lipinski definition) is 7. The molecule has 0 atom stereocenters. The summed E-state index contributed by atoms with van der Waals surface area (Å²) in [6.45, 7) is 3.57. The fraction of sp³-hybridized carbons (Fsp3) is 0.227. The summed E-state index contributed by atoms with van der Waals surface area (Å²) in [7, 11) is -0.776. The summed E-state index contributed by atoms with van der Waals surface area (Å²) in [5.41, 5.74) is 2.19. The fourth-order valence-electron chi connectivity index (χ4n) is 2.75. The Labute approximate surface area is 190 Å². The number of methoxy groups -OCH3 is 1. The van der Waals surface area contributed by atoms with Gasteiger partial charge in [0.15, 0.2) is 5.13 Å². The van der Waals surface area contributed by atoms with Crippen molar-refractivity contribution in [2.24, 2.45) is 0 Å². The molecule has 0 radical (unpaired) electrons. The second-order valence-corrected chi connectivity index (χ2v) is 10.1. The van der Waals surface area contributed by atoms with Gasteiger partial charge in [-0.1, -0.05) is 12.1 Å². The third-order valence-corrected chi connectivity index (χ3v) is 7.65. The lowest BCUT2D eigenvalue weighted by Crippen LogP contribution is -2.33. The summed E-state index contributed by atoms with van der Waals surface area (Å²) in [5.74, 6) is -0.814. The molecule has 3 rings (SSSR count). The van der Waals surface area contributed by atoms with Crippen molar-refractivity contribution in [2.45, 2.75) is 24.8 Å². The molecule has 0 aliphatic carbocycles. The number of nitrogens with one attached hydrogen (secondary N) is 1. The lowest BCUT2D eigenvalue weighted by atomic mass is 10.1. The van der Waals surface area contributed by atoms with Gasteiger partial charge in [-0.05, 0) is 50.2 Å². The quantitative estimate of drug-likeness (QED) is 0.522. The first-order valence-corrected chi connectivity index (χ1v) is 12.0. The van der Waals surface area contributed by atoms with Gasteiger partial charge >= 0.3 is 5.97 Å². The Morgan fingerprint density at radius 3 is 2.19 bits per heavy atom. The number of esters is 1. The molecule has 1 amide bonds. The number of rotatable bonds is 7. The number of ether oxygens (including phenoxy) is 1. The average molecular weight is 474 g/mol. The molecule has 0 aliphatic heterocycles. The number of sulfonamides is 1. The molecule has 32 heavy (non-hydrogen) atoms. The maximum Gasteiger partial charge on any atom is 0.337 e. The summed E-state index contributed by atoms with van der Waals surface area (Å²) in [6.07, 6.45) is 0. The predicted octanol–water partition coefficient (Wildman–Crippen LogP) is 3.88. The molecule has 3 aromatic rings. The van der Waals surface area contributed by atoms with E-state index in [1.807, 2.05) is 0 Å². The molecule has 0 unspecified atom stereocenters. The van der Waals surface area contributed by atoms with Crippen LogP contribution >= 0.6 is 11.3 Å². The van der Waals surface area contributed by atoms with Gasteiger partial charge in [0.25, 0.3) is 5.91 Å². The van der Waals surface area contributed by atoms with Crippen LogP contribution in [-0.2, 0) is 14.8 Å². The average Bonchev–Trinajstić information content (AvgIpc) is 3.26. The van der Waals surface area contributed by atoms with E-state index in [-0.39, 0.29) is 10.9 Å². The number of thiazole rings is 1. The number of amides is 1. The molecule has 10 heteroatoms. The van der Waals surface area contributed by atoms with Crippen molar-refractivity contribution in [1.82, 2.24) is 9.29 Å². The van der Waals surface area contributed by atoms with E-state index in [1.54, 1.807) is 43.5 Å². The zero-order chi connectivity index (χ0) is 23.5. The topological polar surface area (TPSA) is 106 Å². The Morgan fingerprint density at radius 1 is 1.03 bits per heavy atom. The van der Waals surface area contributed by atoms with Crippen molar-refractivity contribution < 1.29 is 22.7 Å². The van der Waals surface area contributed by atoms with E-state index in [0.29, 0.717) is 22.0 Å². The van der Waals surface area contributed by atoms with E-state index in [1.165, 1.54) is 54.1 Å². The lowest BCUT2D eigenvalue weighted by molar-refractivity contribution is 0.0600. The molecule has 8 nitrogen and oxygen atoms in total. The molecule has 0 saturated heterocycles. The molecule has 0 bridgehead atoms. The molecule has 0 saturated carbocycles. The van der Waals surface area contributed by atoms with Gasteiger partial charge in [-0.15, -0.1) is 11.3 Å². The normalized spacial score (nSPS) is 11.6. The Kier molecular flexibility index (Phi) is 7.07. The molecule has 1 N–H and O–H groups in total. The standard InChI is InChI=1S/C22H23N3O5S2/c1-14(2)25(3)32(28,29)18-11-9-16(10-12-18)20(26)24-22-23-19(13-31-22)15-5-7-17(8-6-15)21(27)30-4/h5-14H,1-4H3,(H,23,24,26). The van der Waals surface area contributed by atoms with Gasteiger partial charge in [-0.3, -0.25) is 10.1 Å². The molecular weight excluding hydrogens is 450 g/mol. The van der Waals surface area contributed by atoms with Gasteiger partial charge in [0, 0.05) is 29.6 Å². The van der Waals surface area contributed by atoms with Crippen molar-refractivity contribution in [3.05, 3.63) is 65.0 Å². The van der Waals surface area contributed by atoms with Crippen LogP contribution in [0.5, 0.6) is 0 Å². The highest BCUT2D eigenvalue weighted by Crippen LogP contribution is 2.26. The molecule has 168 valence electrons. The smallest absolute Gasteiger partial charge is 0.337 e. The van der Waals surface area contributed by atoms with Crippen LogP contribution in [0.4, 0.5) is 5.13 Å². The molecule has 0 spiro atoms. The van der Waals surface area contributed by atoms with Crippen LogP contribution in [-0.4, -0.2) is 49.8 Å².